The lowest BCUT2D eigenvalue weighted by atomic mass is 9.99. The minimum absolute atomic E-state index is 0.169. The van der Waals surface area contributed by atoms with Gasteiger partial charge >= 0.3 is 0 Å². The average molecular weight is 274 g/mol. The van der Waals surface area contributed by atoms with Crippen molar-refractivity contribution < 1.29 is 4.79 Å². The summed E-state index contributed by atoms with van der Waals surface area (Å²) in [6.07, 6.45) is 7.56. The van der Waals surface area contributed by atoms with Gasteiger partial charge in [-0.15, -0.1) is 0 Å². The first-order valence-electron chi connectivity index (χ1n) is 7.83. The van der Waals surface area contributed by atoms with Gasteiger partial charge in [-0.2, -0.15) is 0 Å². The molecule has 0 saturated carbocycles. The van der Waals surface area contributed by atoms with Crippen molar-refractivity contribution in [3.63, 3.8) is 0 Å². The number of nitrogens with two attached hydrogens (primary N) is 1. The summed E-state index contributed by atoms with van der Waals surface area (Å²) in [6.45, 7) is 3.50. The predicted molar refractivity (Wildman–Crippen MR) is 82.3 cm³/mol. The van der Waals surface area contributed by atoms with Gasteiger partial charge in [0.15, 0.2) is 0 Å². The van der Waals surface area contributed by atoms with Crippen LogP contribution in [0.1, 0.15) is 49.7 Å². The molecular formula is C17H26N2O. The Morgan fingerprint density at radius 1 is 1.05 bits per heavy atom. The zero-order valence-corrected chi connectivity index (χ0v) is 12.3. The summed E-state index contributed by atoms with van der Waals surface area (Å²) >= 11 is 0. The van der Waals surface area contributed by atoms with Crippen molar-refractivity contribution in [2.24, 2.45) is 5.73 Å². The second kappa shape index (κ2) is 8.05. The molecule has 2 N–H and O–H groups in total. The van der Waals surface area contributed by atoms with Gasteiger partial charge in [0.25, 0.3) is 0 Å². The molecule has 110 valence electrons. The molecule has 0 spiro atoms. The third-order valence-corrected chi connectivity index (χ3v) is 4.11. The molecule has 0 saturated heterocycles. The predicted octanol–water partition coefficient (Wildman–Crippen LogP) is 2.87. The van der Waals surface area contributed by atoms with Gasteiger partial charge in [-0.3, -0.25) is 9.69 Å². The van der Waals surface area contributed by atoms with Crippen LogP contribution in [0.5, 0.6) is 0 Å². The molecule has 2 rings (SSSR count). The van der Waals surface area contributed by atoms with Gasteiger partial charge in [0.05, 0.1) is 0 Å². The molecule has 3 heteroatoms. The number of hydrogen-bond acceptors (Lipinski definition) is 2. The molecule has 1 aromatic rings. The maximum absolute atomic E-state index is 10.6. The van der Waals surface area contributed by atoms with Crippen LogP contribution in [-0.4, -0.2) is 23.9 Å². The Hall–Kier alpha value is -1.35. The Morgan fingerprint density at radius 2 is 1.75 bits per heavy atom. The third-order valence-electron chi connectivity index (χ3n) is 4.11. The minimum atomic E-state index is -0.169. The fraction of sp³-hybridized carbons (Fsp3) is 0.588. The summed E-state index contributed by atoms with van der Waals surface area (Å²) in [6, 6.07) is 8.79. The van der Waals surface area contributed by atoms with Crippen molar-refractivity contribution in [3.05, 3.63) is 35.4 Å². The zero-order valence-electron chi connectivity index (χ0n) is 12.3. The van der Waals surface area contributed by atoms with Gasteiger partial charge < -0.3 is 5.73 Å². The Kier molecular flexibility index (Phi) is 6.06. The fourth-order valence-corrected chi connectivity index (χ4v) is 2.91. The maximum Gasteiger partial charge on any atom is 0.217 e. The zero-order chi connectivity index (χ0) is 14.2. The molecule has 1 heterocycles. The summed E-state index contributed by atoms with van der Waals surface area (Å²) in [5, 5.41) is 0. The Morgan fingerprint density at radius 3 is 2.55 bits per heavy atom. The van der Waals surface area contributed by atoms with E-state index in [1.807, 2.05) is 0 Å². The second-order valence-electron chi connectivity index (χ2n) is 5.78. The van der Waals surface area contributed by atoms with E-state index in [1.54, 1.807) is 0 Å². The van der Waals surface area contributed by atoms with Crippen LogP contribution in [0.2, 0.25) is 0 Å². The summed E-state index contributed by atoms with van der Waals surface area (Å²) in [7, 11) is 0. The van der Waals surface area contributed by atoms with E-state index in [0.717, 1.165) is 19.4 Å². The van der Waals surface area contributed by atoms with Crippen LogP contribution < -0.4 is 5.73 Å². The highest BCUT2D eigenvalue weighted by atomic mass is 16.1. The number of benzene rings is 1. The smallest absolute Gasteiger partial charge is 0.217 e. The van der Waals surface area contributed by atoms with E-state index in [9.17, 15) is 4.79 Å². The first kappa shape index (κ1) is 15.0. The summed E-state index contributed by atoms with van der Waals surface area (Å²) < 4.78 is 0. The van der Waals surface area contributed by atoms with Crippen molar-refractivity contribution in [1.82, 2.24) is 4.90 Å². The summed E-state index contributed by atoms with van der Waals surface area (Å²) in [5.41, 5.74) is 8.15. The lowest BCUT2D eigenvalue weighted by Gasteiger charge is -2.28. The Balaban J connectivity index is 1.56. The number of hydrogen-bond donors (Lipinski definition) is 1. The fourth-order valence-electron chi connectivity index (χ4n) is 2.91. The highest BCUT2D eigenvalue weighted by Gasteiger charge is 2.14. The maximum atomic E-state index is 10.6. The van der Waals surface area contributed by atoms with E-state index in [-0.39, 0.29) is 5.91 Å². The van der Waals surface area contributed by atoms with E-state index in [4.69, 9.17) is 5.73 Å². The monoisotopic (exact) mass is 274 g/mol. The van der Waals surface area contributed by atoms with E-state index >= 15 is 0 Å². The molecule has 0 aliphatic carbocycles. The second-order valence-corrected chi connectivity index (χ2v) is 5.78. The molecule has 0 radical (unpaired) electrons. The van der Waals surface area contributed by atoms with Gasteiger partial charge in [-0.05, 0) is 36.9 Å². The van der Waals surface area contributed by atoms with Crippen LogP contribution in [0, 0.1) is 0 Å². The van der Waals surface area contributed by atoms with Gasteiger partial charge in [0, 0.05) is 19.5 Å². The quantitative estimate of drug-likeness (QED) is 0.741. The minimum Gasteiger partial charge on any atom is -0.370 e. The number of fused-ring (bicyclic) bond motifs is 1. The molecule has 0 atom stereocenters. The molecule has 3 nitrogen and oxygen atoms in total. The number of carbonyl (C=O) groups excluding carboxylic acids is 1. The van der Waals surface area contributed by atoms with Crippen molar-refractivity contribution in [2.75, 3.05) is 13.1 Å². The van der Waals surface area contributed by atoms with E-state index in [1.165, 1.54) is 49.9 Å². The van der Waals surface area contributed by atoms with Crippen LogP contribution in [-0.2, 0) is 17.8 Å². The van der Waals surface area contributed by atoms with Gasteiger partial charge in [-0.25, -0.2) is 0 Å². The number of amides is 1. The highest BCUT2D eigenvalue weighted by molar-refractivity contribution is 5.73. The number of carbonyl (C=O) groups is 1. The van der Waals surface area contributed by atoms with Crippen LogP contribution >= 0.6 is 0 Å². The molecule has 1 aliphatic heterocycles. The van der Waals surface area contributed by atoms with Crippen molar-refractivity contribution in [2.45, 2.75) is 51.5 Å². The first-order valence-corrected chi connectivity index (χ1v) is 7.83. The van der Waals surface area contributed by atoms with Gasteiger partial charge in [0.1, 0.15) is 0 Å². The number of unbranched alkanes of at least 4 members (excludes halogenated alkanes) is 4. The average Bonchev–Trinajstić information content (AvgIpc) is 2.46. The molecule has 20 heavy (non-hydrogen) atoms. The Labute approximate surface area is 122 Å². The van der Waals surface area contributed by atoms with Crippen LogP contribution in [0.4, 0.5) is 0 Å². The molecule has 0 bridgehead atoms. The van der Waals surface area contributed by atoms with Crippen LogP contribution in [0.3, 0.4) is 0 Å². The van der Waals surface area contributed by atoms with Crippen molar-refractivity contribution in [3.8, 4) is 0 Å². The van der Waals surface area contributed by atoms with E-state index < -0.39 is 0 Å². The SMILES string of the molecule is NC(=O)CCCCCCCN1CCc2ccccc2C1. The topological polar surface area (TPSA) is 46.3 Å². The standard InChI is InChI=1S/C17H26N2O/c18-17(20)10-4-2-1-3-7-12-19-13-11-15-8-5-6-9-16(15)14-19/h5-6,8-9H,1-4,7,10-14H2,(H2,18,20). The molecule has 0 unspecified atom stereocenters. The molecular weight excluding hydrogens is 248 g/mol. The third kappa shape index (κ3) is 4.97. The van der Waals surface area contributed by atoms with Crippen LogP contribution in [0.25, 0.3) is 0 Å². The first-order chi connectivity index (χ1) is 9.75. The molecule has 0 aromatic heterocycles. The summed E-state index contributed by atoms with van der Waals surface area (Å²) in [5.74, 6) is -0.169. The normalized spacial score (nSPS) is 15.0. The lowest BCUT2D eigenvalue weighted by molar-refractivity contribution is -0.118. The number of nitrogens with zero attached hydrogens (tertiary/aromatic N) is 1. The lowest BCUT2D eigenvalue weighted by Crippen LogP contribution is -2.31. The molecule has 1 amide bonds. The van der Waals surface area contributed by atoms with Crippen molar-refractivity contribution in [1.29, 1.82) is 0 Å². The van der Waals surface area contributed by atoms with Crippen molar-refractivity contribution >= 4 is 5.91 Å². The van der Waals surface area contributed by atoms with Gasteiger partial charge in [0.2, 0.25) is 5.91 Å². The molecule has 1 aromatic carbocycles. The Bertz CT molecular complexity index is 431. The van der Waals surface area contributed by atoms with E-state index in [2.05, 4.69) is 29.2 Å². The number of primary amides is 1. The largest absolute Gasteiger partial charge is 0.370 e. The number of rotatable bonds is 8. The van der Waals surface area contributed by atoms with Gasteiger partial charge in [-0.1, -0.05) is 43.5 Å². The molecule has 0 fully saturated rings. The molecule has 1 aliphatic rings. The summed E-state index contributed by atoms with van der Waals surface area (Å²) in [4.78, 5) is 13.2. The highest BCUT2D eigenvalue weighted by Crippen LogP contribution is 2.18. The van der Waals surface area contributed by atoms with E-state index in [0.29, 0.717) is 6.42 Å². The van der Waals surface area contributed by atoms with Crippen LogP contribution in [0.15, 0.2) is 24.3 Å².